The second-order valence-corrected chi connectivity index (χ2v) is 14.5. The van der Waals surface area contributed by atoms with Crippen LogP contribution in [0.25, 0.3) is 0 Å². The number of amides is 3. The van der Waals surface area contributed by atoms with E-state index in [-0.39, 0.29) is 43.0 Å². The number of ether oxygens (including phenoxy) is 2. The molecule has 3 aliphatic heterocycles. The maximum absolute atomic E-state index is 14.8. The number of hydrogen-bond acceptors (Lipinski definition) is 7. The van der Waals surface area contributed by atoms with Gasteiger partial charge in [0, 0.05) is 23.8 Å². The number of carbonyl (C=O) groups excluding carboxylic acids is 4. The number of allylic oxidation sites excluding steroid dienone is 1. The lowest BCUT2D eigenvalue weighted by molar-refractivity contribution is -0.152. The summed E-state index contributed by atoms with van der Waals surface area (Å²) in [6.45, 7) is 11.1. The number of hydrogen-bond donors (Lipinski definition) is 2. The van der Waals surface area contributed by atoms with Crippen molar-refractivity contribution in [2.75, 3.05) is 19.8 Å². The lowest BCUT2D eigenvalue weighted by Crippen LogP contribution is -2.60. The largest absolute Gasteiger partial charge is 0.463 e. The fraction of sp³-hybridized carbons (Fsp3) is 0.474. The molecule has 262 valence electrons. The van der Waals surface area contributed by atoms with Gasteiger partial charge in [0.15, 0.2) is 0 Å². The van der Waals surface area contributed by atoms with E-state index in [9.17, 15) is 24.3 Å². The summed E-state index contributed by atoms with van der Waals surface area (Å²) in [6, 6.07) is 16.0. The molecule has 1 unspecified atom stereocenters. The zero-order valence-electron chi connectivity index (χ0n) is 28.1. The van der Waals surface area contributed by atoms with Gasteiger partial charge in [0.1, 0.15) is 18.2 Å². The van der Waals surface area contributed by atoms with Gasteiger partial charge in [0.2, 0.25) is 17.7 Å². The first-order valence-corrected chi connectivity index (χ1v) is 17.8. The fourth-order valence-corrected chi connectivity index (χ4v) is 8.61. The molecule has 0 aromatic heterocycles. The molecule has 1 spiro atoms. The van der Waals surface area contributed by atoms with Gasteiger partial charge in [-0.25, -0.2) is 0 Å². The van der Waals surface area contributed by atoms with Gasteiger partial charge in [0.05, 0.1) is 36.6 Å². The third kappa shape index (κ3) is 7.25. The van der Waals surface area contributed by atoms with Gasteiger partial charge in [-0.05, 0) is 44.2 Å². The predicted octanol–water partition coefficient (Wildman–Crippen LogP) is 4.13. The Labute approximate surface area is 296 Å². The third-order valence-corrected chi connectivity index (χ3v) is 10.7. The zero-order chi connectivity index (χ0) is 35.3. The Morgan fingerprint density at radius 2 is 1.80 bits per heavy atom. The Kier molecular flexibility index (Phi) is 11.8. The monoisotopic (exact) mass is 735 g/mol. The summed E-state index contributed by atoms with van der Waals surface area (Å²) >= 11 is 3.74. The molecule has 2 bridgehead atoms. The van der Waals surface area contributed by atoms with E-state index in [1.807, 2.05) is 74.5 Å². The molecular formula is C38H46BrN3O7. The molecule has 0 radical (unpaired) electrons. The first-order valence-electron chi connectivity index (χ1n) is 16.9. The van der Waals surface area contributed by atoms with Gasteiger partial charge in [-0.3, -0.25) is 19.2 Å². The number of fused-ring (bicyclic) bond motifs is 1. The number of benzene rings is 2. The van der Waals surface area contributed by atoms with Crippen LogP contribution in [0, 0.1) is 11.8 Å². The van der Waals surface area contributed by atoms with Crippen molar-refractivity contribution in [2.45, 2.75) is 80.2 Å². The number of likely N-dealkylation sites (tertiary alicyclic amines) is 1. The van der Waals surface area contributed by atoms with Crippen LogP contribution in [0.15, 0.2) is 86.0 Å². The summed E-state index contributed by atoms with van der Waals surface area (Å²) < 4.78 is 12.3. The molecule has 49 heavy (non-hydrogen) atoms. The summed E-state index contributed by atoms with van der Waals surface area (Å²) in [7, 11) is 0. The Hall–Kier alpha value is -3.80. The summed E-state index contributed by atoms with van der Waals surface area (Å²) in [5, 5.41) is 13.8. The summed E-state index contributed by atoms with van der Waals surface area (Å²) in [4.78, 5) is 59.1. The molecule has 3 saturated heterocycles. The minimum absolute atomic E-state index is 0.104. The smallest absolute Gasteiger partial charge is 0.306 e. The molecule has 2 N–H and O–H groups in total. The highest BCUT2D eigenvalue weighted by molar-refractivity contribution is 9.09. The lowest BCUT2D eigenvalue weighted by Gasteiger charge is -2.40. The number of nitrogens with zero attached hydrogens (tertiary/aromatic N) is 2. The van der Waals surface area contributed by atoms with Crippen LogP contribution in [0.4, 0.5) is 0 Å². The van der Waals surface area contributed by atoms with E-state index >= 15 is 0 Å². The standard InChI is InChI=1S/C38H46BrN3O7/c1-5-7-18-30(44)48-23-29(26-16-12-9-13-17-26)40-35(45)31-32-36(46)42(27(22-43)20-25-14-10-8-11-15-25)34(37(47)41(19-6-2)24(3)4)38(32)21-28(39)33(31)49-38/h5-6,8-17,24,27-29,31-34,43H,1-2,7,18-23H2,3-4H3,(H,40,45)/t27-,28?,29+,31-,32+,33-,34-,38+/m1/s1. The molecule has 3 heterocycles. The molecule has 10 nitrogen and oxygen atoms in total. The van der Waals surface area contributed by atoms with Crippen LogP contribution in [-0.4, -0.2) is 93.0 Å². The number of carbonyl (C=O) groups is 4. The van der Waals surface area contributed by atoms with Gasteiger partial charge >= 0.3 is 5.97 Å². The minimum atomic E-state index is -1.31. The Morgan fingerprint density at radius 1 is 1.12 bits per heavy atom. The molecule has 11 heteroatoms. The average molecular weight is 737 g/mol. The molecule has 2 aromatic carbocycles. The van der Waals surface area contributed by atoms with Gasteiger partial charge in [-0.1, -0.05) is 88.7 Å². The van der Waals surface area contributed by atoms with Crippen LogP contribution in [0.5, 0.6) is 0 Å². The maximum atomic E-state index is 14.8. The quantitative estimate of drug-likeness (QED) is 0.151. The van der Waals surface area contributed by atoms with Crippen molar-refractivity contribution in [3.63, 3.8) is 0 Å². The lowest BCUT2D eigenvalue weighted by atomic mass is 9.70. The number of rotatable bonds is 16. The van der Waals surface area contributed by atoms with Crippen LogP contribution in [0.3, 0.4) is 0 Å². The molecule has 8 atom stereocenters. The van der Waals surface area contributed by atoms with E-state index in [2.05, 4.69) is 34.4 Å². The van der Waals surface area contributed by atoms with Gasteiger partial charge in [-0.2, -0.15) is 0 Å². The zero-order valence-corrected chi connectivity index (χ0v) is 29.7. The van der Waals surface area contributed by atoms with Crippen LogP contribution < -0.4 is 5.32 Å². The van der Waals surface area contributed by atoms with Crippen LogP contribution in [0.2, 0.25) is 0 Å². The molecule has 2 aromatic rings. The number of nitrogens with one attached hydrogen (secondary N) is 1. The highest BCUT2D eigenvalue weighted by Crippen LogP contribution is 2.60. The van der Waals surface area contributed by atoms with Crippen molar-refractivity contribution in [1.82, 2.24) is 15.1 Å². The molecule has 5 rings (SSSR count). The van der Waals surface area contributed by atoms with Crippen molar-refractivity contribution < 1.29 is 33.8 Å². The van der Waals surface area contributed by atoms with Crippen molar-refractivity contribution in [3.8, 4) is 0 Å². The van der Waals surface area contributed by atoms with E-state index in [0.717, 1.165) is 11.1 Å². The minimum Gasteiger partial charge on any atom is -0.463 e. The summed E-state index contributed by atoms with van der Waals surface area (Å²) in [5.41, 5.74) is 0.314. The summed E-state index contributed by atoms with van der Waals surface area (Å²) in [6.07, 6.45) is 3.87. The SMILES string of the molecule is C=CCCC(=O)OC[C@H](NC(=O)[C@H]1[C@@H]2O[C@@]3(CC2Br)[C@@H]1C(=O)N([C@@H](CO)Cc1ccccc1)[C@@H]3C(=O)N(CC=C)C(C)C)c1ccccc1. The Balaban J connectivity index is 1.51. The highest BCUT2D eigenvalue weighted by Gasteiger charge is 2.77. The van der Waals surface area contributed by atoms with E-state index < -0.39 is 59.5 Å². The number of halogens is 1. The van der Waals surface area contributed by atoms with Crippen LogP contribution in [-0.2, 0) is 35.1 Å². The third-order valence-electron chi connectivity index (χ3n) is 9.90. The Bertz CT molecular complexity index is 1520. The summed E-state index contributed by atoms with van der Waals surface area (Å²) in [5.74, 6) is -3.49. The fourth-order valence-electron chi connectivity index (χ4n) is 7.67. The first kappa shape index (κ1) is 36.5. The normalized spacial score (nSPS) is 26.6. The number of alkyl halides is 1. The van der Waals surface area contributed by atoms with E-state index in [0.29, 0.717) is 19.3 Å². The van der Waals surface area contributed by atoms with Gasteiger partial charge in [-0.15, -0.1) is 13.2 Å². The molecular weight excluding hydrogens is 690 g/mol. The average Bonchev–Trinajstić information content (AvgIpc) is 3.70. The van der Waals surface area contributed by atoms with Crippen LogP contribution >= 0.6 is 15.9 Å². The predicted molar refractivity (Wildman–Crippen MR) is 188 cm³/mol. The van der Waals surface area contributed by atoms with Gasteiger partial charge < -0.3 is 29.7 Å². The number of aliphatic hydroxyl groups is 1. The molecule has 0 saturated carbocycles. The topological polar surface area (TPSA) is 125 Å². The van der Waals surface area contributed by atoms with Gasteiger partial charge in [0.25, 0.3) is 0 Å². The van der Waals surface area contributed by atoms with E-state index in [1.165, 1.54) is 4.90 Å². The molecule has 3 amide bonds. The molecule has 0 aliphatic carbocycles. The Morgan fingerprint density at radius 3 is 2.41 bits per heavy atom. The second-order valence-electron chi connectivity index (χ2n) is 13.3. The van der Waals surface area contributed by atoms with E-state index in [4.69, 9.17) is 9.47 Å². The number of esters is 1. The van der Waals surface area contributed by atoms with Crippen molar-refractivity contribution >= 4 is 39.6 Å². The maximum Gasteiger partial charge on any atom is 0.306 e. The van der Waals surface area contributed by atoms with Crippen LogP contribution in [0.1, 0.15) is 50.3 Å². The number of aliphatic hydroxyl groups excluding tert-OH is 1. The van der Waals surface area contributed by atoms with E-state index in [1.54, 1.807) is 17.1 Å². The highest BCUT2D eigenvalue weighted by atomic mass is 79.9. The second kappa shape index (κ2) is 15.8. The first-order chi connectivity index (χ1) is 23.6. The van der Waals surface area contributed by atoms with Crippen molar-refractivity contribution in [3.05, 3.63) is 97.1 Å². The van der Waals surface area contributed by atoms with Crippen molar-refractivity contribution in [1.29, 1.82) is 0 Å². The van der Waals surface area contributed by atoms with Crippen molar-refractivity contribution in [2.24, 2.45) is 11.8 Å². The molecule has 3 aliphatic rings. The molecule has 3 fully saturated rings.